The highest BCUT2D eigenvalue weighted by Gasteiger charge is 2.36. The van der Waals surface area contributed by atoms with E-state index >= 15 is 0 Å². The number of allylic oxidation sites excluding steroid dienone is 1. The van der Waals surface area contributed by atoms with Crippen LogP contribution in [0.1, 0.15) is 44.4 Å². The molecular weight excluding hydrogens is 446 g/mol. The lowest BCUT2D eigenvalue weighted by molar-refractivity contribution is -0.127. The molecule has 2 aliphatic heterocycles. The molecule has 1 fully saturated rings. The van der Waals surface area contributed by atoms with Crippen molar-refractivity contribution in [1.29, 1.82) is 0 Å². The molecule has 7 heteroatoms. The number of aryl methyl sites for hydroxylation is 1. The van der Waals surface area contributed by atoms with E-state index in [0.717, 1.165) is 45.6 Å². The molecule has 1 saturated heterocycles. The number of thioether (sulfide) groups is 1. The van der Waals surface area contributed by atoms with E-state index in [0.29, 0.717) is 10.6 Å². The van der Waals surface area contributed by atoms with Crippen LogP contribution in [0.3, 0.4) is 0 Å². The van der Waals surface area contributed by atoms with Crippen molar-refractivity contribution < 1.29 is 14.4 Å². The monoisotopic (exact) mass is 475 g/mol. The molecule has 2 heterocycles. The van der Waals surface area contributed by atoms with E-state index in [1.165, 1.54) is 5.57 Å². The number of likely N-dealkylation sites (N-methyl/N-ethyl adjacent to an activating group) is 1. The molecule has 0 bridgehead atoms. The Hall–Kier alpha value is -3.32. The average molecular weight is 476 g/mol. The first kappa shape index (κ1) is 23.8. The van der Waals surface area contributed by atoms with Crippen LogP contribution < -0.4 is 10.2 Å². The fraction of sp³-hybridized carbons (Fsp3) is 0.296. The smallest absolute Gasteiger partial charge is 0.294 e. The van der Waals surface area contributed by atoms with E-state index in [1.54, 1.807) is 12.1 Å². The summed E-state index contributed by atoms with van der Waals surface area (Å²) >= 11 is 0.865. The molecule has 0 unspecified atom stereocenters. The van der Waals surface area contributed by atoms with Gasteiger partial charge in [-0.3, -0.25) is 19.3 Å². The molecule has 0 radical (unpaired) electrons. The normalized spacial score (nSPS) is 18.3. The topological polar surface area (TPSA) is 69.7 Å². The van der Waals surface area contributed by atoms with Crippen LogP contribution in [0.2, 0.25) is 0 Å². The summed E-state index contributed by atoms with van der Waals surface area (Å²) in [6.45, 7) is 11.1. The lowest BCUT2D eigenvalue weighted by atomic mass is 9.88. The number of nitrogens with one attached hydrogen (secondary N) is 1. The molecule has 34 heavy (non-hydrogen) atoms. The molecular formula is C27H29N3O3S. The third kappa shape index (κ3) is 4.53. The zero-order chi connectivity index (χ0) is 24.6. The Balaban J connectivity index is 1.53. The largest absolute Gasteiger partial charge is 0.363 e. The van der Waals surface area contributed by atoms with Crippen molar-refractivity contribution in [2.24, 2.45) is 0 Å². The Morgan fingerprint density at radius 3 is 2.56 bits per heavy atom. The second-order valence-corrected chi connectivity index (χ2v) is 10.1. The van der Waals surface area contributed by atoms with Crippen LogP contribution in [0, 0.1) is 6.92 Å². The second-order valence-electron chi connectivity index (χ2n) is 9.13. The number of benzene rings is 2. The van der Waals surface area contributed by atoms with Gasteiger partial charge in [0.25, 0.3) is 11.1 Å². The van der Waals surface area contributed by atoms with Gasteiger partial charge in [-0.2, -0.15) is 0 Å². The molecule has 2 aromatic carbocycles. The number of carbonyl (C=O) groups excluding carboxylic acids is 3. The number of rotatable bonds is 5. The van der Waals surface area contributed by atoms with Gasteiger partial charge in [0.05, 0.1) is 10.4 Å². The van der Waals surface area contributed by atoms with Crippen LogP contribution in [0.25, 0.3) is 11.6 Å². The summed E-state index contributed by atoms with van der Waals surface area (Å²) < 4.78 is 0. The van der Waals surface area contributed by atoms with Gasteiger partial charge in [-0.1, -0.05) is 30.3 Å². The molecule has 176 valence electrons. The van der Waals surface area contributed by atoms with Gasteiger partial charge in [0.2, 0.25) is 5.91 Å². The Bertz CT molecular complexity index is 1250. The number of nitrogens with zero attached hydrogens (tertiary/aromatic N) is 2. The summed E-state index contributed by atoms with van der Waals surface area (Å²) in [6, 6.07) is 13.5. The van der Waals surface area contributed by atoms with Gasteiger partial charge in [-0.25, -0.2) is 0 Å². The number of amides is 3. The van der Waals surface area contributed by atoms with E-state index < -0.39 is 17.1 Å². The second kappa shape index (κ2) is 9.14. The third-order valence-corrected chi connectivity index (χ3v) is 7.12. The molecule has 0 spiro atoms. The van der Waals surface area contributed by atoms with E-state index in [1.807, 2.05) is 31.2 Å². The molecule has 3 amide bonds. The zero-order valence-corrected chi connectivity index (χ0v) is 21.0. The summed E-state index contributed by atoms with van der Waals surface area (Å²) in [5.41, 5.74) is 5.80. The Morgan fingerprint density at radius 2 is 1.85 bits per heavy atom. The number of anilines is 2. The van der Waals surface area contributed by atoms with Crippen molar-refractivity contribution in [2.75, 3.05) is 23.3 Å². The molecule has 0 atom stereocenters. The van der Waals surface area contributed by atoms with Gasteiger partial charge < -0.3 is 10.2 Å². The van der Waals surface area contributed by atoms with Crippen LogP contribution in [-0.4, -0.2) is 40.6 Å². The zero-order valence-electron chi connectivity index (χ0n) is 20.1. The lowest BCUT2D eigenvalue weighted by Gasteiger charge is -2.42. The fourth-order valence-corrected chi connectivity index (χ4v) is 5.44. The SMILES string of the molecule is CCN1c2ccc(/C=C3/SC(=O)N(CC(=O)Nc4ccccc4C)C3=O)cc2C(C)=CC1(C)C. The number of fused-ring (bicyclic) bond motifs is 1. The van der Waals surface area contributed by atoms with Gasteiger partial charge in [-0.05, 0) is 87.4 Å². The van der Waals surface area contributed by atoms with E-state index in [9.17, 15) is 14.4 Å². The molecule has 0 saturated carbocycles. The average Bonchev–Trinajstić information content (AvgIpc) is 3.02. The molecule has 0 aliphatic carbocycles. The maximum absolute atomic E-state index is 12.9. The standard InChI is InChI=1S/C27H29N3O3S/c1-6-30-22-12-11-19(13-20(22)18(3)15-27(30,4)5)14-23-25(32)29(26(33)34-23)16-24(31)28-21-10-8-7-9-17(21)2/h7-15H,6,16H2,1-5H3,(H,28,31)/b23-14+. The minimum Gasteiger partial charge on any atom is -0.363 e. The minimum absolute atomic E-state index is 0.0745. The Morgan fingerprint density at radius 1 is 1.12 bits per heavy atom. The number of para-hydroxylation sites is 1. The summed E-state index contributed by atoms with van der Waals surface area (Å²) in [5.74, 6) is -0.856. The van der Waals surface area contributed by atoms with E-state index in [4.69, 9.17) is 0 Å². The number of imide groups is 1. The Labute approximate surface area is 204 Å². The van der Waals surface area contributed by atoms with Crippen molar-refractivity contribution in [2.45, 2.75) is 40.2 Å². The summed E-state index contributed by atoms with van der Waals surface area (Å²) in [4.78, 5) is 41.6. The van der Waals surface area contributed by atoms with E-state index in [-0.39, 0.29) is 12.1 Å². The van der Waals surface area contributed by atoms with Crippen LogP contribution in [0.5, 0.6) is 0 Å². The predicted molar refractivity (Wildman–Crippen MR) is 140 cm³/mol. The van der Waals surface area contributed by atoms with Crippen LogP contribution in [0.4, 0.5) is 16.2 Å². The highest BCUT2D eigenvalue weighted by Crippen LogP contribution is 2.40. The van der Waals surface area contributed by atoms with Crippen molar-refractivity contribution in [3.63, 3.8) is 0 Å². The molecule has 6 nitrogen and oxygen atoms in total. The number of carbonyl (C=O) groups is 3. The van der Waals surface area contributed by atoms with Crippen LogP contribution in [-0.2, 0) is 9.59 Å². The Kier molecular flexibility index (Phi) is 6.41. The summed E-state index contributed by atoms with van der Waals surface area (Å²) in [6.07, 6.45) is 3.98. The quantitative estimate of drug-likeness (QED) is 0.563. The molecule has 1 N–H and O–H groups in total. The van der Waals surface area contributed by atoms with Crippen molar-refractivity contribution in [1.82, 2.24) is 4.90 Å². The van der Waals surface area contributed by atoms with Gasteiger partial charge in [-0.15, -0.1) is 0 Å². The summed E-state index contributed by atoms with van der Waals surface area (Å²) in [7, 11) is 0. The maximum Gasteiger partial charge on any atom is 0.294 e. The van der Waals surface area contributed by atoms with Crippen molar-refractivity contribution in [3.8, 4) is 0 Å². The predicted octanol–water partition coefficient (Wildman–Crippen LogP) is 5.69. The number of hydrogen-bond donors (Lipinski definition) is 1. The highest BCUT2D eigenvalue weighted by atomic mass is 32.2. The first-order chi connectivity index (χ1) is 16.1. The van der Waals surface area contributed by atoms with Crippen molar-refractivity contribution >= 4 is 51.8 Å². The highest BCUT2D eigenvalue weighted by molar-refractivity contribution is 8.18. The van der Waals surface area contributed by atoms with Gasteiger partial charge in [0.15, 0.2) is 0 Å². The first-order valence-electron chi connectivity index (χ1n) is 11.3. The van der Waals surface area contributed by atoms with Gasteiger partial charge in [0, 0.05) is 23.5 Å². The molecule has 4 rings (SSSR count). The molecule has 2 aliphatic rings. The van der Waals surface area contributed by atoms with Gasteiger partial charge in [0.1, 0.15) is 6.54 Å². The molecule has 2 aromatic rings. The maximum atomic E-state index is 12.9. The van der Waals surface area contributed by atoms with E-state index in [2.05, 4.69) is 56.1 Å². The van der Waals surface area contributed by atoms with Crippen molar-refractivity contribution in [3.05, 3.63) is 70.1 Å². The minimum atomic E-state index is -0.448. The number of hydrogen-bond acceptors (Lipinski definition) is 5. The van der Waals surface area contributed by atoms with Crippen LogP contribution in [0.15, 0.2) is 53.4 Å². The lowest BCUT2D eigenvalue weighted by Crippen LogP contribution is -2.44. The first-order valence-corrected chi connectivity index (χ1v) is 12.1. The van der Waals surface area contributed by atoms with Crippen LogP contribution >= 0.6 is 11.8 Å². The molecule has 0 aromatic heterocycles. The third-order valence-electron chi connectivity index (χ3n) is 6.21. The fourth-order valence-electron chi connectivity index (χ4n) is 4.60. The summed E-state index contributed by atoms with van der Waals surface area (Å²) in [5, 5.41) is 2.33. The van der Waals surface area contributed by atoms with Gasteiger partial charge >= 0.3 is 0 Å².